The van der Waals surface area contributed by atoms with Crippen LogP contribution in [0.25, 0.3) is 0 Å². The number of H-pyrrole nitrogens is 1. The minimum atomic E-state index is -0.746. The summed E-state index contributed by atoms with van der Waals surface area (Å²) in [5.41, 5.74) is -0.201. The molecule has 0 unspecified atom stereocenters. The van der Waals surface area contributed by atoms with Crippen molar-refractivity contribution in [3.63, 3.8) is 0 Å². The van der Waals surface area contributed by atoms with Gasteiger partial charge in [-0.2, -0.15) is 0 Å². The Balaban J connectivity index is 2.02. The first-order valence-electron chi connectivity index (χ1n) is 5.62. The number of carboxylic acid groups (broad SMARTS) is 1. The van der Waals surface area contributed by atoms with Gasteiger partial charge < -0.3 is 15.4 Å². The second-order valence-corrected chi connectivity index (χ2v) is 4.41. The Morgan fingerprint density at radius 2 is 2.35 bits per heavy atom. The second kappa shape index (κ2) is 4.57. The maximum atomic E-state index is 11.2. The highest BCUT2D eigenvalue weighted by molar-refractivity contribution is 5.70. The average molecular weight is 237 g/mol. The fraction of sp³-hybridized carbons (Fsp3) is 0.545. The lowest BCUT2D eigenvalue weighted by Crippen LogP contribution is -2.20. The molecule has 0 saturated heterocycles. The number of nitrogens with zero attached hydrogens (tertiary/aromatic N) is 1. The zero-order valence-electron chi connectivity index (χ0n) is 9.56. The summed E-state index contributed by atoms with van der Waals surface area (Å²) in [5.74, 6) is 0.0370. The molecular formula is C11H15N3O3. The normalized spacial score (nSPS) is 23.6. The van der Waals surface area contributed by atoms with Crippen LogP contribution in [-0.2, 0) is 4.79 Å². The van der Waals surface area contributed by atoms with E-state index in [1.165, 1.54) is 6.07 Å². The van der Waals surface area contributed by atoms with Crippen LogP contribution in [0.5, 0.6) is 0 Å². The summed E-state index contributed by atoms with van der Waals surface area (Å²) in [7, 11) is 0. The van der Waals surface area contributed by atoms with Gasteiger partial charge in [-0.15, -0.1) is 0 Å². The molecule has 1 saturated carbocycles. The van der Waals surface area contributed by atoms with Gasteiger partial charge in [0.2, 0.25) is 0 Å². The van der Waals surface area contributed by atoms with Crippen molar-refractivity contribution >= 4 is 11.8 Å². The van der Waals surface area contributed by atoms with Crippen LogP contribution in [0.3, 0.4) is 0 Å². The molecule has 92 valence electrons. The molecule has 17 heavy (non-hydrogen) atoms. The van der Waals surface area contributed by atoms with Crippen LogP contribution in [0.15, 0.2) is 10.9 Å². The van der Waals surface area contributed by atoms with E-state index in [-0.39, 0.29) is 17.5 Å². The van der Waals surface area contributed by atoms with Crippen LogP contribution in [0.4, 0.5) is 5.82 Å². The molecule has 2 atom stereocenters. The number of carboxylic acids is 1. The van der Waals surface area contributed by atoms with E-state index in [2.05, 4.69) is 15.3 Å². The highest BCUT2D eigenvalue weighted by Gasteiger charge is 2.29. The second-order valence-electron chi connectivity index (χ2n) is 4.41. The van der Waals surface area contributed by atoms with Crippen LogP contribution >= 0.6 is 0 Å². The molecule has 0 amide bonds. The Hall–Kier alpha value is -1.85. The topological polar surface area (TPSA) is 95.1 Å². The van der Waals surface area contributed by atoms with E-state index in [0.717, 1.165) is 6.42 Å². The summed E-state index contributed by atoms with van der Waals surface area (Å²) in [6.45, 7) is 1.71. The van der Waals surface area contributed by atoms with E-state index in [1.807, 2.05) is 0 Å². The summed E-state index contributed by atoms with van der Waals surface area (Å²) < 4.78 is 0. The summed E-state index contributed by atoms with van der Waals surface area (Å²) in [5, 5.41) is 12.0. The van der Waals surface area contributed by atoms with Gasteiger partial charge in [-0.25, -0.2) is 4.98 Å². The molecule has 1 aliphatic rings. The van der Waals surface area contributed by atoms with Crippen molar-refractivity contribution in [1.82, 2.24) is 9.97 Å². The molecule has 0 aliphatic heterocycles. The van der Waals surface area contributed by atoms with Crippen LogP contribution in [0.2, 0.25) is 0 Å². The van der Waals surface area contributed by atoms with Gasteiger partial charge in [0.25, 0.3) is 5.56 Å². The van der Waals surface area contributed by atoms with Crippen molar-refractivity contribution < 1.29 is 9.90 Å². The number of aryl methyl sites for hydroxylation is 1. The van der Waals surface area contributed by atoms with Crippen molar-refractivity contribution in [3.8, 4) is 0 Å². The van der Waals surface area contributed by atoms with Gasteiger partial charge in [0.05, 0.1) is 5.92 Å². The first-order valence-corrected chi connectivity index (χ1v) is 5.62. The largest absolute Gasteiger partial charge is 0.481 e. The Morgan fingerprint density at radius 3 is 2.94 bits per heavy atom. The lowest BCUT2D eigenvalue weighted by Gasteiger charge is -2.12. The lowest BCUT2D eigenvalue weighted by atomic mass is 10.1. The summed E-state index contributed by atoms with van der Waals surface area (Å²) in [6.07, 6.45) is 2.06. The molecular weight excluding hydrogens is 222 g/mol. The van der Waals surface area contributed by atoms with Crippen molar-refractivity contribution in [2.24, 2.45) is 5.92 Å². The number of rotatable bonds is 3. The molecule has 0 spiro atoms. The van der Waals surface area contributed by atoms with E-state index in [4.69, 9.17) is 5.11 Å². The van der Waals surface area contributed by atoms with Crippen molar-refractivity contribution in [2.45, 2.75) is 32.2 Å². The first-order chi connectivity index (χ1) is 8.04. The predicted molar refractivity (Wildman–Crippen MR) is 62.0 cm³/mol. The first kappa shape index (κ1) is 11.6. The number of carbonyl (C=O) groups is 1. The maximum Gasteiger partial charge on any atom is 0.306 e. The SMILES string of the molecule is Cc1nc(N[C@H]2CC[C@@H](C(=O)O)C2)cc(=O)[nH]1. The number of aromatic nitrogens is 2. The zero-order valence-corrected chi connectivity index (χ0v) is 9.56. The van der Waals surface area contributed by atoms with Gasteiger partial charge in [0.15, 0.2) is 0 Å². The molecule has 3 N–H and O–H groups in total. The number of hydrogen-bond acceptors (Lipinski definition) is 4. The third kappa shape index (κ3) is 2.83. The molecule has 0 radical (unpaired) electrons. The fourth-order valence-corrected chi connectivity index (χ4v) is 2.20. The Kier molecular flexibility index (Phi) is 3.12. The molecule has 2 rings (SSSR count). The maximum absolute atomic E-state index is 11.2. The van der Waals surface area contributed by atoms with Gasteiger partial charge in [0, 0.05) is 12.1 Å². The van der Waals surface area contributed by atoms with E-state index in [9.17, 15) is 9.59 Å². The van der Waals surface area contributed by atoms with Gasteiger partial charge in [-0.1, -0.05) is 0 Å². The number of aromatic amines is 1. The Morgan fingerprint density at radius 1 is 1.59 bits per heavy atom. The predicted octanol–water partition coefficient (Wildman–Crippen LogP) is 0.744. The summed E-state index contributed by atoms with van der Waals surface area (Å²) >= 11 is 0. The van der Waals surface area contributed by atoms with E-state index in [1.54, 1.807) is 6.92 Å². The lowest BCUT2D eigenvalue weighted by molar-refractivity contribution is -0.141. The molecule has 0 aromatic carbocycles. The van der Waals surface area contributed by atoms with Gasteiger partial charge in [0.1, 0.15) is 11.6 Å². The molecule has 1 heterocycles. The van der Waals surface area contributed by atoms with E-state index < -0.39 is 5.97 Å². The van der Waals surface area contributed by atoms with Gasteiger partial charge in [-0.3, -0.25) is 9.59 Å². The standard InChI is InChI=1S/C11H15N3O3/c1-6-12-9(5-10(15)13-6)14-8-3-2-7(4-8)11(16)17/h5,7-8H,2-4H2,1H3,(H,16,17)(H2,12,13,14,15)/t7-,8+/m1/s1. The molecule has 6 heteroatoms. The molecule has 0 bridgehead atoms. The number of aliphatic carboxylic acids is 1. The molecule has 1 aromatic rings. The molecule has 1 aliphatic carbocycles. The third-order valence-electron chi connectivity index (χ3n) is 2.99. The number of anilines is 1. The van der Waals surface area contributed by atoms with E-state index in [0.29, 0.717) is 24.5 Å². The van der Waals surface area contributed by atoms with Crippen LogP contribution < -0.4 is 10.9 Å². The van der Waals surface area contributed by atoms with Gasteiger partial charge in [-0.05, 0) is 26.2 Å². The zero-order chi connectivity index (χ0) is 12.4. The number of nitrogens with one attached hydrogen (secondary N) is 2. The molecule has 1 fully saturated rings. The van der Waals surface area contributed by atoms with Crippen LogP contribution in [0.1, 0.15) is 25.1 Å². The highest BCUT2D eigenvalue weighted by Crippen LogP contribution is 2.27. The minimum absolute atomic E-state index is 0.0878. The third-order valence-corrected chi connectivity index (χ3v) is 2.99. The monoisotopic (exact) mass is 237 g/mol. The molecule has 1 aromatic heterocycles. The molecule has 6 nitrogen and oxygen atoms in total. The number of hydrogen-bond donors (Lipinski definition) is 3. The van der Waals surface area contributed by atoms with Crippen LogP contribution in [-0.4, -0.2) is 27.1 Å². The fourth-order valence-electron chi connectivity index (χ4n) is 2.20. The van der Waals surface area contributed by atoms with Crippen molar-refractivity contribution in [2.75, 3.05) is 5.32 Å². The average Bonchev–Trinajstić information content (AvgIpc) is 2.64. The van der Waals surface area contributed by atoms with Gasteiger partial charge >= 0.3 is 5.97 Å². The van der Waals surface area contributed by atoms with E-state index >= 15 is 0 Å². The van der Waals surface area contributed by atoms with Crippen molar-refractivity contribution in [3.05, 3.63) is 22.2 Å². The smallest absolute Gasteiger partial charge is 0.306 e. The Labute approximate surface area is 98.1 Å². The highest BCUT2D eigenvalue weighted by atomic mass is 16.4. The summed E-state index contributed by atoms with van der Waals surface area (Å²) in [4.78, 5) is 28.8. The van der Waals surface area contributed by atoms with Crippen molar-refractivity contribution in [1.29, 1.82) is 0 Å². The summed E-state index contributed by atoms with van der Waals surface area (Å²) in [6, 6.07) is 1.48. The van der Waals surface area contributed by atoms with Crippen LogP contribution in [0, 0.1) is 12.8 Å². The minimum Gasteiger partial charge on any atom is -0.481 e. The quantitative estimate of drug-likeness (QED) is 0.720. The Bertz CT molecular complexity index is 483.